The van der Waals surface area contributed by atoms with Crippen LogP contribution in [0.2, 0.25) is 87.6 Å². The van der Waals surface area contributed by atoms with Crippen molar-refractivity contribution in [2.45, 2.75) is 248 Å². The number of amides is 2. The molecule has 2 saturated carbocycles. The van der Waals surface area contributed by atoms with Crippen molar-refractivity contribution >= 4 is 79.7 Å². The Morgan fingerprint density at radius 1 is 0.630 bits per heavy atom. The summed E-state index contributed by atoms with van der Waals surface area (Å²) in [7, 11) is -6.89. The normalized spacial score (nSPS) is 29.9. The number of alkyl halides is 2. The van der Waals surface area contributed by atoms with E-state index in [4.69, 9.17) is 56.1 Å². The lowest BCUT2D eigenvalue weighted by molar-refractivity contribution is -0.163. The molecule has 2 spiro atoms. The number of aliphatic hydroxyl groups is 1. The molecule has 4 heterocycles. The molecule has 2 amide bonds. The number of esters is 2. The highest BCUT2D eigenvalue weighted by Gasteiger charge is 2.81. The van der Waals surface area contributed by atoms with Crippen molar-refractivity contribution in [3.8, 4) is 0 Å². The number of carbonyl (C=O) groups excluding carboxylic acids is 4. The first-order valence-electron chi connectivity index (χ1n) is 28.0. The number of halogens is 2. The van der Waals surface area contributed by atoms with Crippen LogP contribution in [0.15, 0.2) is 0 Å². The summed E-state index contributed by atoms with van der Waals surface area (Å²) in [6, 6.07) is 1.91. The maximum absolute atomic E-state index is 14.2. The molecule has 3 N–H and O–H groups in total. The van der Waals surface area contributed by atoms with Crippen LogP contribution in [0, 0.1) is 23.7 Å². The molecule has 6 rings (SSSR count). The minimum atomic E-state index is -2.30. The van der Waals surface area contributed by atoms with Crippen LogP contribution < -0.4 is 10.6 Å². The van der Waals surface area contributed by atoms with Crippen molar-refractivity contribution in [1.29, 1.82) is 0 Å². The Labute approximate surface area is 456 Å². The number of carbonyl (C=O) groups is 4. The van der Waals surface area contributed by atoms with Crippen LogP contribution in [0.1, 0.15) is 126 Å². The average molecular weight is 1140 g/mol. The van der Waals surface area contributed by atoms with E-state index in [9.17, 15) is 19.2 Å². The first-order valence-corrected chi connectivity index (χ1v) is 42.3. The number of ether oxygens (including phenoxy) is 4. The van der Waals surface area contributed by atoms with Crippen LogP contribution >= 0.6 is 23.2 Å². The second-order valence-corrected chi connectivity index (χ2v) is 49.1. The summed E-state index contributed by atoms with van der Waals surface area (Å²) in [4.78, 5) is 54.6. The van der Waals surface area contributed by atoms with Gasteiger partial charge in [-0.3, -0.25) is 9.59 Å². The lowest BCUT2D eigenvalue weighted by Gasteiger charge is -2.49. The Kier molecular flexibility index (Phi) is 22.2. The predicted molar refractivity (Wildman–Crippen MR) is 305 cm³/mol. The van der Waals surface area contributed by atoms with Crippen LogP contribution in [0.5, 0.6) is 0 Å². The van der Waals surface area contributed by atoms with E-state index < -0.39 is 85.1 Å². The molecule has 0 aromatic rings. The van der Waals surface area contributed by atoms with Gasteiger partial charge in [-0.25, -0.2) is 9.59 Å². The summed E-state index contributed by atoms with van der Waals surface area (Å²) in [5.74, 6) is -1.08. The Hall–Kier alpha value is -0.872. The standard InChI is InChI=1S/C26H48ClNO5Si2.C23H40ClNO5Si.C5H14OSi/c1-24(2,3)35(7,8)33-21(19-12-10-9-11-13-19)26(23(30)31-16-17-34(4,5)6)25(18-32-25)20(14-15-27)22(29)28-26;1-7-28-20(27)23(22(15-29-22)17(13-14-24)19(26)25-23)18(16-11-9-8-10-12-16)30-31(5,6)21(2,3)4;1-7(2,3)5-4-6/h19-21H,9-18H2,1-8H3,(H,28,29);16-18H,7-15H2,1-6H3,(H,25,26);6H,4-5H2,1-3H3/t20-,21-,25-,26-;17-,18-,22-,23-;/m00./s1. The maximum atomic E-state index is 14.2. The third-order valence-electron chi connectivity index (χ3n) is 17.8. The van der Waals surface area contributed by atoms with Crippen molar-refractivity contribution in [2.24, 2.45) is 23.7 Å². The minimum absolute atomic E-state index is 0.0362. The molecule has 4 saturated heterocycles. The highest BCUT2D eigenvalue weighted by Crippen LogP contribution is 2.58. The first-order chi connectivity index (χ1) is 33.6. The Morgan fingerprint density at radius 3 is 1.23 bits per heavy atom. The zero-order valence-electron chi connectivity index (χ0n) is 48.6. The lowest BCUT2D eigenvalue weighted by Crippen LogP contribution is -2.70. The maximum Gasteiger partial charge on any atom is 0.337 e. The van der Waals surface area contributed by atoms with Crippen LogP contribution in [0.4, 0.5) is 0 Å². The number of nitrogens with one attached hydrogen (secondary N) is 2. The Bertz CT molecular complexity index is 1850. The smallest absolute Gasteiger partial charge is 0.337 e. The van der Waals surface area contributed by atoms with Crippen molar-refractivity contribution in [3.63, 3.8) is 0 Å². The third kappa shape index (κ3) is 14.5. The monoisotopic (exact) mass is 1140 g/mol. The van der Waals surface area contributed by atoms with E-state index in [0.29, 0.717) is 51.0 Å². The van der Waals surface area contributed by atoms with Gasteiger partial charge in [-0.1, -0.05) is 119 Å². The fourth-order valence-electron chi connectivity index (χ4n) is 11.1. The summed E-state index contributed by atoms with van der Waals surface area (Å²) in [6.07, 6.45) is 10.7. The summed E-state index contributed by atoms with van der Waals surface area (Å²) in [6.45, 7) is 39.1. The van der Waals surface area contributed by atoms with E-state index in [1.54, 1.807) is 6.92 Å². The zero-order valence-corrected chi connectivity index (χ0v) is 54.1. The molecular weight excluding hydrogens is 1040 g/mol. The number of epoxide rings is 2. The molecule has 4 aliphatic heterocycles. The van der Waals surface area contributed by atoms with Crippen LogP contribution in [-0.4, -0.2) is 141 Å². The zero-order chi connectivity index (χ0) is 55.3. The number of aliphatic hydroxyl groups excluding tert-OH is 1. The minimum Gasteiger partial charge on any atom is -0.464 e. The van der Waals surface area contributed by atoms with Crippen molar-refractivity contribution in [2.75, 3.05) is 44.8 Å². The van der Waals surface area contributed by atoms with Crippen molar-refractivity contribution in [3.05, 3.63) is 0 Å². The van der Waals surface area contributed by atoms with E-state index in [2.05, 4.69) is 118 Å². The summed E-state index contributed by atoms with van der Waals surface area (Å²) < 4.78 is 38.1. The van der Waals surface area contributed by atoms with Gasteiger partial charge in [0.25, 0.3) is 0 Å². The molecule has 0 bridgehead atoms. The number of hydrogen-bond acceptors (Lipinski definition) is 11. The van der Waals surface area contributed by atoms with Gasteiger partial charge in [0.05, 0.1) is 50.5 Å². The van der Waals surface area contributed by atoms with Gasteiger partial charge in [0, 0.05) is 34.5 Å². The fourth-order valence-corrected chi connectivity index (χ4v) is 15.6. The third-order valence-corrected chi connectivity index (χ3v) is 30.5. The molecule has 424 valence electrons. The second kappa shape index (κ2) is 25.1. The highest BCUT2D eigenvalue weighted by molar-refractivity contribution is 6.76. The second-order valence-electron chi connectivity index (χ2n) is 27.6. The Morgan fingerprint density at radius 2 is 0.973 bits per heavy atom. The lowest BCUT2D eigenvalue weighted by atomic mass is 9.69. The van der Waals surface area contributed by atoms with Gasteiger partial charge < -0.3 is 43.5 Å². The van der Waals surface area contributed by atoms with E-state index in [1.165, 1.54) is 12.8 Å². The van der Waals surface area contributed by atoms with Crippen LogP contribution in [-0.2, 0) is 47.0 Å². The molecule has 0 aromatic heterocycles. The molecule has 0 unspecified atom stereocenters. The molecule has 0 radical (unpaired) electrons. The topological polar surface area (TPSA) is 175 Å². The largest absolute Gasteiger partial charge is 0.464 e. The van der Waals surface area contributed by atoms with Crippen LogP contribution in [0.3, 0.4) is 0 Å². The van der Waals surface area contributed by atoms with Gasteiger partial charge in [-0.05, 0) is 106 Å². The molecule has 13 nitrogen and oxygen atoms in total. The van der Waals surface area contributed by atoms with Crippen LogP contribution in [0.25, 0.3) is 0 Å². The Balaban J connectivity index is 0.000000281. The summed E-state index contributed by atoms with van der Waals surface area (Å²) in [5, 5.41) is 14.7. The van der Waals surface area contributed by atoms with Gasteiger partial charge >= 0.3 is 11.9 Å². The van der Waals surface area contributed by atoms with Crippen molar-refractivity contribution < 1.29 is 52.1 Å². The number of hydrogen-bond donors (Lipinski definition) is 3. The fraction of sp³-hybridized carbons (Fsp3) is 0.926. The van der Waals surface area contributed by atoms with Gasteiger partial charge in [-0.15, -0.1) is 23.2 Å². The van der Waals surface area contributed by atoms with E-state index >= 15 is 0 Å². The molecule has 19 heteroatoms. The van der Waals surface area contributed by atoms with E-state index in [1.807, 2.05) is 0 Å². The molecule has 6 aliphatic rings. The van der Waals surface area contributed by atoms with Gasteiger partial charge in [0.1, 0.15) is 11.2 Å². The average Bonchev–Trinajstić information content (AvgIpc) is 4.21. The SMILES string of the molecule is CC(C)(C)[Si](C)(C)O[C@@H](C1CCCCC1)[C@@]1(C(=O)OCC[Si](C)(C)C)NC(=O)[C@H](CCCl)[C@@]12CO2.CCOC(=O)[C@]1([C@@H](O[Si](C)(C)C(C)(C)C)C2CCCCC2)NC(=O)[C@H](CCCl)[C@@]12CO2.C[Si](C)(C)CCO. The molecule has 0 aromatic carbocycles. The molecule has 73 heavy (non-hydrogen) atoms. The van der Waals surface area contributed by atoms with Gasteiger partial charge in [0.2, 0.25) is 11.8 Å². The molecule has 2 aliphatic carbocycles. The quantitative estimate of drug-likeness (QED) is 0.0458. The summed E-state index contributed by atoms with van der Waals surface area (Å²) >= 11 is 12.2. The van der Waals surface area contributed by atoms with Gasteiger partial charge in [-0.2, -0.15) is 0 Å². The van der Waals surface area contributed by atoms with Gasteiger partial charge in [0.15, 0.2) is 27.7 Å². The predicted octanol–water partition coefficient (Wildman–Crippen LogP) is 11.4. The van der Waals surface area contributed by atoms with Crippen molar-refractivity contribution in [1.82, 2.24) is 10.6 Å². The number of rotatable bonds is 20. The molecular formula is C54H102Cl2N2O11Si4. The first kappa shape index (κ1) is 64.7. The highest BCUT2D eigenvalue weighted by atomic mass is 35.5. The molecule has 6 fully saturated rings. The van der Waals surface area contributed by atoms with E-state index in [-0.39, 0.29) is 46.3 Å². The summed E-state index contributed by atoms with van der Waals surface area (Å²) in [5.41, 5.74) is -4.54. The molecule has 8 atom stereocenters. The van der Waals surface area contributed by atoms with E-state index in [0.717, 1.165) is 63.5 Å².